The molecule has 3 aromatic carbocycles. The number of hydrogen-bond acceptors (Lipinski definition) is 7. The van der Waals surface area contributed by atoms with Crippen molar-refractivity contribution in [1.82, 2.24) is 16.0 Å². The maximum Gasteiger partial charge on any atom is 0.407 e. The summed E-state index contributed by atoms with van der Waals surface area (Å²) in [7, 11) is 0. The molecule has 1 aliphatic rings. The molecule has 1 atom stereocenters. The van der Waals surface area contributed by atoms with E-state index in [-0.39, 0.29) is 19.1 Å². The Balaban J connectivity index is 1.38. The van der Waals surface area contributed by atoms with E-state index in [1.54, 1.807) is 24.3 Å². The van der Waals surface area contributed by atoms with E-state index in [2.05, 4.69) is 16.0 Å². The molecule has 0 unspecified atom stereocenters. The van der Waals surface area contributed by atoms with Gasteiger partial charge in [-0.25, -0.2) is 4.79 Å². The molecule has 11 heteroatoms. The van der Waals surface area contributed by atoms with E-state index < -0.39 is 55.4 Å². The van der Waals surface area contributed by atoms with Crippen molar-refractivity contribution >= 4 is 29.8 Å². The quantitative estimate of drug-likeness (QED) is 0.246. The van der Waals surface area contributed by atoms with Crippen LogP contribution in [-0.2, 0) is 35.3 Å². The molecule has 1 aliphatic carbocycles. The molecule has 41 heavy (non-hydrogen) atoms. The summed E-state index contributed by atoms with van der Waals surface area (Å²) in [5.74, 6) is -3.83. The average Bonchev–Trinajstić information content (AvgIpc) is 3.30. The van der Waals surface area contributed by atoms with Crippen molar-refractivity contribution in [3.63, 3.8) is 0 Å². The Kier molecular flexibility index (Phi) is 9.66. The van der Waals surface area contributed by atoms with Gasteiger partial charge in [0.1, 0.15) is 25.8 Å². The lowest BCUT2D eigenvalue weighted by Crippen LogP contribution is -2.50. The first-order valence-electron chi connectivity index (χ1n) is 12.9. The number of esters is 1. The molecule has 0 radical (unpaired) electrons. The zero-order chi connectivity index (χ0) is 29.2. The highest BCUT2D eigenvalue weighted by molar-refractivity contribution is 5.92. The zero-order valence-corrected chi connectivity index (χ0v) is 22.0. The van der Waals surface area contributed by atoms with Crippen LogP contribution in [0.4, 0.5) is 4.79 Å². The van der Waals surface area contributed by atoms with Gasteiger partial charge in [0.15, 0.2) is 0 Å². The predicted molar refractivity (Wildman–Crippen MR) is 147 cm³/mol. The molecule has 11 nitrogen and oxygen atoms in total. The van der Waals surface area contributed by atoms with Crippen molar-refractivity contribution in [2.75, 3.05) is 19.7 Å². The van der Waals surface area contributed by atoms with Crippen LogP contribution in [0.1, 0.15) is 29.0 Å². The first-order valence-corrected chi connectivity index (χ1v) is 12.9. The first-order chi connectivity index (χ1) is 19.8. The van der Waals surface area contributed by atoms with Crippen LogP contribution in [0.3, 0.4) is 0 Å². The van der Waals surface area contributed by atoms with Crippen molar-refractivity contribution in [1.29, 1.82) is 0 Å². The SMILES string of the molecule is O=C(O)CNC(=O)CNC(=O)[C@H](CC(=O)OCc1ccccc1)NC(=O)OCC1c2ccccc2-c2ccccc21. The molecule has 0 aliphatic heterocycles. The topological polar surface area (TPSA) is 160 Å². The Morgan fingerprint density at radius 3 is 2.00 bits per heavy atom. The smallest absolute Gasteiger partial charge is 0.407 e. The number of hydrogen-bond donors (Lipinski definition) is 4. The highest BCUT2D eigenvalue weighted by Gasteiger charge is 2.30. The number of carboxylic acid groups (broad SMARTS) is 1. The second-order valence-corrected chi connectivity index (χ2v) is 9.26. The molecule has 0 saturated carbocycles. The maximum atomic E-state index is 12.8. The zero-order valence-electron chi connectivity index (χ0n) is 22.0. The van der Waals surface area contributed by atoms with Gasteiger partial charge in [-0.3, -0.25) is 19.2 Å². The molecule has 4 rings (SSSR count). The standard InChI is InChI=1S/C30H29N3O8/c34-26(31-16-27(35)36)15-32-29(38)25(14-28(37)40-17-19-8-2-1-3-9-19)33-30(39)41-18-24-22-12-6-4-10-20(22)21-11-5-7-13-23(21)24/h1-13,24-25H,14-18H2,(H,31,34)(H,32,38)(H,33,39)(H,35,36)/t25-/m0/s1. The summed E-state index contributed by atoms with van der Waals surface area (Å²) < 4.78 is 10.7. The summed E-state index contributed by atoms with van der Waals surface area (Å²) in [5, 5.41) is 15.5. The van der Waals surface area contributed by atoms with E-state index in [1.165, 1.54) is 0 Å². The van der Waals surface area contributed by atoms with Crippen LogP contribution in [0, 0.1) is 0 Å². The molecule has 0 saturated heterocycles. The molecule has 3 amide bonds. The fraction of sp³-hybridized carbons (Fsp3) is 0.233. The van der Waals surface area contributed by atoms with E-state index in [9.17, 15) is 24.0 Å². The average molecular weight is 560 g/mol. The molecule has 0 aromatic heterocycles. The third kappa shape index (κ3) is 7.91. The minimum absolute atomic E-state index is 0.00968. The normalized spacial score (nSPS) is 12.3. The van der Waals surface area contributed by atoms with Gasteiger partial charge in [-0.15, -0.1) is 0 Å². The van der Waals surface area contributed by atoms with Crippen LogP contribution in [0.2, 0.25) is 0 Å². The van der Waals surface area contributed by atoms with Crippen LogP contribution in [0.5, 0.6) is 0 Å². The Labute approximate surface area is 235 Å². The van der Waals surface area contributed by atoms with E-state index in [0.29, 0.717) is 0 Å². The molecule has 3 aromatic rings. The summed E-state index contributed by atoms with van der Waals surface area (Å²) in [6, 6.07) is 23.1. The van der Waals surface area contributed by atoms with Crippen molar-refractivity contribution in [2.45, 2.75) is 25.0 Å². The number of ether oxygens (including phenoxy) is 2. The Morgan fingerprint density at radius 1 is 0.756 bits per heavy atom. The minimum atomic E-state index is -1.42. The van der Waals surface area contributed by atoms with Crippen LogP contribution in [0.15, 0.2) is 78.9 Å². The third-order valence-corrected chi connectivity index (χ3v) is 6.43. The van der Waals surface area contributed by atoms with Crippen molar-refractivity contribution < 1.29 is 38.6 Å². The third-order valence-electron chi connectivity index (χ3n) is 6.43. The lowest BCUT2D eigenvalue weighted by Gasteiger charge is -2.19. The Morgan fingerprint density at radius 2 is 1.37 bits per heavy atom. The van der Waals surface area contributed by atoms with Crippen LogP contribution in [-0.4, -0.2) is 60.7 Å². The number of benzene rings is 3. The molecule has 4 N–H and O–H groups in total. The number of aliphatic carboxylic acids is 1. The fourth-order valence-electron chi connectivity index (χ4n) is 4.48. The minimum Gasteiger partial charge on any atom is -0.480 e. The van der Waals surface area contributed by atoms with Gasteiger partial charge in [0.25, 0.3) is 0 Å². The number of amides is 3. The highest BCUT2D eigenvalue weighted by atomic mass is 16.5. The van der Waals surface area contributed by atoms with E-state index >= 15 is 0 Å². The van der Waals surface area contributed by atoms with Crippen LogP contribution < -0.4 is 16.0 Å². The number of alkyl carbamates (subject to hydrolysis) is 1. The van der Waals surface area contributed by atoms with Gasteiger partial charge in [0.05, 0.1) is 13.0 Å². The molecule has 0 heterocycles. The van der Waals surface area contributed by atoms with E-state index in [0.717, 1.165) is 27.8 Å². The van der Waals surface area contributed by atoms with Crippen molar-refractivity contribution in [3.8, 4) is 11.1 Å². The van der Waals surface area contributed by atoms with Gasteiger partial charge >= 0.3 is 18.0 Å². The van der Waals surface area contributed by atoms with Crippen molar-refractivity contribution in [2.24, 2.45) is 0 Å². The number of rotatable bonds is 12. The molecule has 212 valence electrons. The summed E-state index contributed by atoms with van der Waals surface area (Å²) in [6.45, 7) is -1.23. The molecule has 0 spiro atoms. The summed E-state index contributed by atoms with van der Waals surface area (Å²) in [4.78, 5) is 60.6. The lowest BCUT2D eigenvalue weighted by atomic mass is 9.98. The van der Waals surface area contributed by atoms with Gasteiger partial charge in [0, 0.05) is 5.92 Å². The number of fused-ring (bicyclic) bond motifs is 3. The first kappa shape index (κ1) is 28.8. The van der Waals surface area contributed by atoms with E-state index in [4.69, 9.17) is 14.6 Å². The Hall–Kier alpha value is -5.19. The fourth-order valence-corrected chi connectivity index (χ4v) is 4.48. The number of carboxylic acids is 1. The predicted octanol–water partition coefficient (Wildman–Crippen LogP) is 2.34. The molecular weight excluding hydrogens is 530 g/mol. The van der Waals surface area contributed by atoms with Gasteiger partial charge < -0.3 is 30.5 Å². The van der Waals surface area contributed by atoms with Crippen LogP contribution >= 0.6 is 0 Å². The number of carbonyl (C=O) groups excluding carboxylic acids is 4. The largest absolute Gasteiger partial charge is 0.480 e. The van der Waals surface area contributed by atoms with Gasteiger partial charge in [-0.2, -0.15) is 0 Å². The number of carbonyl (C=O) groups is 5. The molecule has 0 bridgehead atoms. The van der Waals surface area contributed by atoms with Gasteiger partial charge in [-0.1, -0.05) is 78.9 Å². The van der Waals surface area contributed by atoms with Crippen LogP contribution in [0.25, 0.3) is 11.1 Å². The maximum absolute atomic E-state index is 12.8. The summed E-state index contributed by atoms with van der Waals surface area (Å²) in [6.07, 6.45) is -1.46. The second-order valence-electron chi connectivity index (χ2n) is 9.26. The van der Waals surface area contributed by atoms with E-state index in [1.807, 2.05) is 54.6 Å². The highest BCUT2D eigenvalue weighted by Crippen LogP contribution is 2.44. The second kappa shape index (κ2) is 13.7. The summed E-state index contributed by atoms with van der Waals surface area (Å²) in [5.41, 5.74) is 4.86. The van der Waals surface area contributed by atoms with Crippen molar-refractivity contribution in [3.05, 3.63) is 95.6 Å². The number of nitrogens with one attached hydrogen (secondary N) is 3. The molecule has 0 fully saturated rings. The molecular formula is C30H29N3O8. The van der Waals surface area contributed by atoms with Gasteiger partial charge in [-0.05, 0) is 27.8 Å². The Bertz CT molecular complexity index is 1380. The monoisotopic (exact) mass is 559 g/mol. The summed E-state index contributed by atoms with van der Waals surface area (Å²) >= 11 is 0. The lowest BCUT2D eigenvalue weighted by molar-refractivity contribution is -0.147. The van der Waals surface area contributed by atoms with Gasteiger partial charge in [0.2, 0.25) is 11.8 Å².